The van der Waals surface area contributed by atoms with E-state index in [2.05, 4.69) is 10.2 Å². The second-order valence-corrected chi connectivity index (χ2v) is 10.9. The summed E-state index contributed by atoms with van der Waals surface area (Å²) in [5, 5.41) is 2.97. The van der Waals surface area contributed by atoms with E-state index in [4.69, 9.17) is 0 Å². The van der Waals surface area contributed by atoms with Crippen LogP contribution in [0.4, 0.5) is 5.69 Å². The molecule has 0 bridgehead atoms. The highest BCUT2D eigenvalue weighted by Gasteiger charge is 2.21. The van der Waals surface area contributed by atoms with Gasteiger partial charge >= 0.3 is 0 Å². The predicted octanol–water partition coefficient (Wildman–Crippen LogP) is 4.23. The number of rotatable bonds is 9. The Morgan fingerprint density at radius 2 is 1.62 bits per heavy atom. The highest BCUT2D eigenvalue weighted by molar-refractivity contribution is 7.98. The Bertz CT molecular complexity index is 969. The first-order chi connectivity index (χ1) is 15.4. The van der Waals surface area contributed by atoms with Crippen LogP contribution in [-0.4, -0.2) is 58.7 Å². The molecule has 0 aliphatic carbocycles. The maximum absolute atomic E-state index is 12.9. The van der Waals surface area contributed by atoms with Crippen molar-refractivity contribution >= 4 is 33.4 Å². The van der Waals surface area contributed by atoms with Gasteiger partial charge in [-0.15, -0.1) is 11.8 Å². The van der Waals surface area contributed by atoms with E-state index in [0.29, 0.717) is 17.8 Å². The Kier molecular flexibility index (Phi) is 9.02. The van der Waals surface area contributed by atoms with Gasteiger partial charge in [-0.2, -0.15) is 0 Å². The van der Waals surface area contributed by atoms with Gasteiger partial charge in [-0.1, -0.05) is 12.8 Å². The monoisotopic (exact) mass is 475 g/mol. The Balaban J connectivity index is 1.53. The lowest BCUT2D eigenvalue weighted by Crippen LogP contribution is -2.30. The minimum absolute atomic E-state index is 0.134. The summed E-state index contributed by atoms with van der Waals surface area (Å²) in [7, 11) is -2.14. The molecule has 1 fully saturated rings. The number of thioether (sulfide) groups is 1. The van der Waals surface area contributed by atoms with Crippen molar-refractivity contribution in [2.75, 3.05) is 43.8 Å². The van der Waals surface area contributed by atoms with Crippen LogP contribution in [0, 0.1) is 0 Å². The molecule has 0 saturated carbocycles. The van der Waals surface area contributed by atoms with E-state index < -0.39 is 10.0 Å². The minimum atomic E-state index is -3.66. The maximum atomic E-state index is 12.9. The summed E-state index contributed by atoms with van der Waals surface area (Å²) in [4.78, 5) is 16.2. The number of sulfonamides is 1. The fourth-order valence-corrected chi connectivity index (χ4v) is 5.44. The molecule has 1 saturated heterocycles. The van der Waals surface area contributed by atoms with Crippen molar-refractivity contribution in [1.29, 1.82) is 0 Å². The van der Waals surface area contributed by atoms with Crippen molar-refractivity contribution in [2.24, 2.45) is 0 Å². The highest BCUT2D eigenvalue weighted by atomic mass is 32.2. The maximum Gasteiger partial charge on any atom is 0.264 e. The number of carbonyl (C=O) groups is 1. The lowest BCUT2D eigenvalue weighted by Gasteiger charge is -2.20. The number of hydrogen-bond acceptors (Lipinski definition) is 5. The average molecular weight is 476 g/mol. The van der Waals surface area contributed by atoms with Gasteiger partial charge in [0, 0.05) is 24.1 Å². The summed E-state index contributed by atoms with van der Waals surface area (Å²) in [6.45, 7) is 3.97. The fourth-order valence-electron chi connectivity index (χ4n) is 3.83. The molecule has 1 aliphatic heterocycles. The quantitative estimate of drug-likeness (QED) is 0.434. The molecule has 6 nitrogen and oxygen atoms in total. The van der Waals surface area contributed by atoms with Crippen LogP contribution in [0.5, 0.6) is 0 Å². The molecule has 0 unspecified atom stereocenters. The Morgan fingerprint density at radius 3 is 2.22 bits per heavy atom. The van der Waals surface area contributed by atoms with Gasteiger partial charge in [0.1, 0.15) is 0 Å². The second kappa shape index (κ2) is 11.7. The SMILES string of the molecule is CSc1ccc(S(=O)(=O)N(C)c2ccc(C(=O)NCCCN3CCCCCC3)cc2)cc1. The molecule has 32 heavy (non-hydrogen) atoms. The number of likely N-dealkylation sites (tertiary alicyclic amines) is 1. The number of nitrogens with one attached hydrogen (secondary N) is 1. The smallest absolute Gasteiger partial charge is 0.264 e. The lowest BCUT2D eigenvalue weighted by atomic mass is 10.2. The number of nitrogens with zero attached hydrogens (tertiary/aromatic N) is 2. The molecule has 3 rings (SSSR count). The number of carbonyl (C=O) groups excluding carboxylic acids is 1. The molecule has 1 heterocycles. The Hall–Kier alpha value is -2.03. The van der Waals surface area contributed by atoms with Crippen molar-refractivity contribution in [2.45, 2.75) is 41.9 Å². The molecule has 1 amide bonds. The van der Waals surface area contributed by atoms with Gasteiger partial charge in [0.05, 0.1) is 10.6 Å². The van der Waals surface area contributed by atoms with E-state index in [0.717, 1.165) is 31.0 Å². The van der Waals surface area contributed by atoms with Gasteiger partial charge in [-0.05, 0) is 93.7 Å². The normalized spacial score (nSPS) is 15.2. The molecule has 1 aliphatic rings. The molecule has 2 aromatic carbocycles. The van der Waals surface area contributed by atoms with E-state index in [1.807, 2.05) is 6.26 Å². The van der Waals surface area contributed by atoms with Crippen LogP contribution >= 0.6 is 11.8 Å². The van der Waals surface area contributed by atoms with Crippen molar-refractivity contribution < 1.29 is 13.2 Å². The summed E-state index contributed by atoms with van der Waals surface area (Å²) < 4.78 is 27.1. The lowest BCUT2D eigenvalue weighted by molar-refractivity contribution is 0.0951. The number of amides is 1. The molecular weight excluding hydrogens is 442 g/mol. The van der Waals surface area contributed by atoms with Crippen molar-refractivity contribution in [3.63, 3.8) is 0 Å². The number of benzene rings is 2. The standard InChI is InChI=1S/C24H33N3O3S2/c1-26(32(29,30)23-14-12-22(31-2)13-15-23)21-10-8-20(9-11-21)24(28)25-16-7-19-27-17-5-3-4-6-18-27/h8-15H,3-7,16-19H2,1-2H3,(H,25,28). The molecule has 0 radical (unpaired) electrons. The van der Waals surface area contributed by atoms with Crippen molar-refractivity contribution in [3.05, 3.63) is 54.1 Å². The van der Waals surface area contributed by atoms with Crippen LogP contribution < -0.4 is 9.62 Å². The van der Waals surface area contributed by atoms with Crippen LogP contribution in [-0.2, 0) is 10.0 Å². The van der Waals surface area contributed by atoms with E-state index >= 15 is 0 Å². The Morgan fingerprint density at radius 1 is 1.00 bits per heavy atom. The van der Waals surface area contributed by atoms with Gasteiger partial charge in [0.2, 0.25) is 0 Å². The molecule has 8 heteroatoms. The zero-order valence-corrected chi connectivity index (χ0v) is 20.6. The third-order valence-electron chi connectivity index (χ3n) is 5.85. The van der Waals surface area contributed by atoms with Crippen molar-refractivity contribution in [1.82, 2.24) is 10.2 Å². The third kappa shape index (κ3) is 6.49. The summed E-state index contributed by atoms with van der Waals surface area (Å²) in [5.41, 5.74) is 1.04. The van der Waals surface area contributed by atoms with Crippen molar-refractivity contribution in [3.8, 4) is 0 Å². The summed E-state index contributed by atoms with van der Waals surface area (Å²) in [5.74, 6) is -0.134. The van der Waals surface area contributed by atoms with Crippen LogP contribution in [0.3, 0.4) is 0 Å². The van der Waals surface area contributed by atoms with Gasteiger partial charge in [0.15, 0.2) is 0 Å². The van der Waals surface area contributed by atoms with Crippen LogP contribution in [0.1, 0.15) is 42.5 Å². The first-order valence-corrected chi connectivity index (χ1v) is 13.8. The van der Waals surface area contributed by atoms with Gasteiger partial charge < -0.3 is 10.2 Å². The van der Waals surface area contributed by atoms with Crippen LogP contribution in [0.15, 0.2) is 58.3 Å². The van der Waals surface area contributed by atoms with E-state index in [-0.39, 0.29) is 10.8 Å². The van der Waals surface area contributed by atoms with E-state index in [1.54, 1.807) is 60.3 Å². The largest absolute Gasteiger partial charge is 0.352 e. The molecule has 2 aromatic rings. The topological polar surface area (TPSA) is 69.7 Å². The zero-order valence-electron chi connectivity index (χ0n) is 18.9. The molecule has 0 atom stereocenters. The zero-order chi connectivity index (χ0) is 23.0. The summed E-state index contributed by atoms with van der Waals surface area (Å²) in [6.07, 6.45) is 8.06. The summed E-state index contributed by atoms with van der Waals surface area (Å²) in [6, 6.07) is 13.5. The number of hydrogen-bond donors (Lipinski definition) is 1. The van der Waals surface area contributed by atoms with E-state index in [9.17, 15) is 13.2 Å². The van der Waals surface area contributed by atoms with Crippen LogP contribution in [0.25, 0.3) is 0 Å². The summed E-state index contributed by atoms with van der Waals surface area (Å²) >= 11 is 1.56. The predicted molar refractivity (Wildman–Crippen MR) is 132 cm³/mol. The molecular formula is C24H33N3O3S2. The molecule has 174 valence electrons. The highest BCUT2D eigenvalue weighted by Crippen LogP contribution is 2.24. The molecule has 0 spiro atoms. The molecule has 1 N–H and O–H groups in total. The second-order valence-electron chi connectivity index (χ2n) is 8.06. The average Bonchev–Trinajstić information content (AvgIpc) is 3.10. The first-order valence-electron chi connectivity index (χ1n) is 11.2. The third-order valence-corrected chi connectivity index (χ3v) is 8.39. The van der Waals surface area contributed by atoms with Gasteiger partial charge in [-0.25, -0.2) is 8.42 Å². The fraction of sp³-hybridized carbons (Fsp3) is 0.458. The number of anilines is 1. The Labute approximate surface area is 196 Å². The van der Waals surface area contributed by atoms with E-state index in [1.165, 1.54) is 37.0 Å². The molecule has 0 aromatic heterocycles. The van der Waals surface area contributed by atoms with Crippen LogP contribution in [0.2, 0.25) is 0 Å². The first kappa shape index (κ1) is 24.6. The van der Waals surface area contributed by atoms with Gasteiger partial charge in [-0.3, -0.25) is 9.10 Å². The van der Waals surface area contributed by atoms with Gasteiger partial charge in [0.25, 0.3) is 15.9 Å². The minimum Gasteiger partial charge on any atom is -0.352 e.